The van der Waals surface area contributed by atoms with Crippen LogP contribution in [0.3, 0.4) is 0 Å². The van der Waals surface area contributed by atoms with Crippen LogP contribution in [0.15, 0.2) is 65.7 Å². The Bertz CT molecular complexity index is 1260. The molecule has 0 spiro atoms. The molecule has 32 heavy (non-hydrogen) atoms. The normalized spacial score (nSPS) is 10.9. The molecule has 9 heteroatoms. The van der Waals surface area contributed by atoms with E-state index in [1.165, 1.54) is 11.8 Å². The molecule has 7 nitrogen and oxygen atoms in total. The van der Waals surface area contributed by atoms with Crippen LogP contribution in [0.5, 0.6) is 0 Å². The first-order valence-corrected chi connectivity index (χ1v) is 11.3. The van der Waals surface area contributed by atoms with Crippen LogP contribution in [0.1, 0.15) is 32.1 Å². The van der Waals surface area contributed by atoms with Crippen molar-refractivity contribution < 1.29 is 9.59 Å². The highest BCUT2D eigenvalue weighted by Crippen LogP contribution is 2.19. The lowest BCUT2D eigenvalue weighted by Crippen LogP contribution is -2.26. The minimum absolute atomic E-state index is 0.00337. The maximum absolute atomic E-state index is 12.4. The number of carbonyl (C=O) groups excluding carboxylic acids is 2. The van der Waals surface area contributed by atoms with E-state index in [1.54, 1.807) is 40.9 Å². The third-order valence-electron chi connectivity index (χ3n) is 4.77. The highest BCUT2D eigenvalue weighted by Gasteiger charge is 2.12. The summed E-state index contributed by atoms with van der Waals surface area (Å²) in [6.07, 6.45) is 0.476. The number of thioether (sulfide) groups is 1. The SMILES string of the molecule is Cc1ccc(C(=O)NCCc2nnc3ccc(SCC(=O)c4ccc(Cl)cc4)nn23)cc1. The fourth-order valence-corrected chi connectivity index (χ4v) is 3.88. The van der Waals surface area contributed by atoms with Gasteiger partial charge in [-0.3, -0.25) is 9.59 Å². The zero-order chi connectivity index (χ0) is 22.5. The molecule has 0 radical (unpaired) electrons. The van der Waals surface area contributed by atoms with E-state index in [0.29, 0.717) is 45.6 Å². The third kappa shape index (κ3) is 5.33. The van der Waals surface area contributed by atoms with Gasteiger partial charge in [-0.05, 0) is 55.5 Å². The van der Waals surface area contributed by atoms with Gasteiger partial charge in [0.2, 0.25) is 0 Å². The van der Waals surface area contributed by atoms with Gasteiger partial charge in [-0.1, -0.05) is 41.1 Å². The van der Waals surface area contributed by atoms with Crippen molar-refractivity contribution in [2.24, 2.45) is 0 Å². The molecule has 0 aliphatic rings. The first-order chi connectivity index (χ1) is 15.5. The van der Waals surface area contributed by atoms with Crippen molar-refractivity contribution in [3.63, 3.8) is 0 Å². The van der Waals surface area contributed by atoms with Gasteiger partial charge in [0.05, 0.1) is 5.75 Å². The number of ketones is 1. The number of benzene rings is 2. The van der Waals surface area contributed by atoms with Gasteiger partial charge in [0.15, 0.2) is 17.3 Å². The summed E-state index contributed by atoms with van der Waals surface area (Å²) in [4.78, 5) is 24.7. The largest absolute Gasteiger partial charge is 0.352 e. The second kappa shape index (κ2) is 9.93. The molecule has 1 N–H and O–H groups in total. The molecular weight excluding hydrogens is 446 g/mol. The molecule has 2 aromatic heterocycles. The number of hydrogen-bond donors (Lipinski definition) is 1. The number of halogens is 1. The Morgan fingerprint density at radius 1 is 0.969 bits per heavy atom. The summed E-state index contributed by atoms with van der Waals surface area (Å²) in [5, 5.41) is 17.0. The van der Waals surface area contributed by atoms with Crippen molar-refractivity contribution in [1.82, 2.24) is 25.1 Å². The van der Waals surface area contributed by atoms with Crippen molar-refractivity contribution >= 4 is 40.7 Å². The van der Waals surface area contributed by atoms with Crippen molar-refractivity contribution in [3.8, 4) is 0 Å². The van der Waals surface area contributed by atoms with Crippen LogP contribution in [0.25, 0.3) is 5.65 Å². The number of carbonyl (C=O) groups is 2. The fraction of sp³-hybridized carbons (Fsp3) is 0.174. The number of nitrogens with one attached hydrogen (secondary N) is 1. The van der Waals surface area contributed by atoms with E-state index in [4.69, 9.17) is 11.6 Å². The smallest absolute Gasteiger partial charge is 0.251 e. The number of amides is 1. The van der Waals surface area contributed by atoms with Crippen molar-refractivity contribution in [3.05, 3.63) is 88.2 Å². The molecule has 0 saturated heterocycles. The molecule has 0 aliphatic carbocycles. The lowest BCUT2D eigenvalue weighted by Gasteiger charge is -2.06. The quantitative estimate of drug-likeness (QED) is 0.312. The van der Waals surface area contributed by atoms with Gasteiger partial charge >= 0.3 is 0 Å². The molecule has 4 rings (SSSR count). The average Bonchev–Trinajstić information content (AvgIpc) is 3.20. The Hall–Kier alpha value is -3.23. The Kier molecular flexibility index (Phi) is 6.82. The van der Waals surface area contributed by atoms with E-state index < -0.39 is 0 Å². The first kappa shape index (κ1) is 22.0. The second-order valence-electron chi connectivity index (χ2n) is 7.15. The molecular formula is C23H20ClN5O2S. The molecule has 0 bridgehead atoms. The number of rotatable bonds is 8. The molecule has 162 valence electrons. The summed E-state index contributed by atoms with van der Waals surface area (Å²) in [6, 6.07) is 17.9. The van der Waals surface area contributed by atoms with Gasteiger partial charge in [-0.2, -0.15) is 9.61 Å². The van der Waals surface area contributed by atoms with E-state index in [1.807, 2.05) is 31.2 Å². The third-order valence-corrected chi connectivity index (χ3v) is 5.94. The fourth-order valence-electron chi connectivity index (χ4n) is 3.00. The van der Waals surface area contributed by atoms with Crippen LogP contribution in [-0.2, 0) is 6.42 Å². The summed E-state index contributed by atoms with van der Waals surface area (Å²) < 4.78 is 1.65. The van der Waals surface area contributed by atoms with Gasteiger partial charge in [-0.25, -0.2) is 0 Å². The summed E-state index contributed by atoms with van der Waals surface area (Å²) >= 11 is 7.22. The number of aryl methyl sites for hydroxylation is 1. The minimum Gasteiger partial charge on any atom is -0.352 e. The van der Waals surface area contributed by atoms with E-state index in [2.05, 4.69) is 20.6 Å². The van der Waals surface area contributed by atoms with Crippen LogP contribution in [0, 0.1) is 6.92 Å². The second-order valence-corrected chi connectivity index (χ2v) is 8.58. The zero-order valence-electron chi connectivity index (χ0n) is 17.3. The maximum atomic E-state index is 12.4. The number of aromatic nitrogens is 4. The van der Waals surface area contributed by atoms with Crippen LogP contribution < -0.4 is 5.32 Å². The van der Waals surface area contributed by atoms with Gasteiger partial charge in [0, 0.05) is 29.1 Å². The molecule has 4 aromatic rings. The monoisotopic (exact) mass is 465 g/mol. The number of nitrogens with zero attached hydrogens (tertiary/aromatic N) is 4. The molecule has 0 fully saturated rings. The predicted octanol–water partition coefficient (Wildman–Crippen LogP) is 4.03. The van der Waals surface area contributed by atoms with Gasteiger partial charge < -0.3 is 5.32 Å². The zero-order valence-corrected chi connectivity index (χ0v) is 18.9. The van der Waals surface area contributed by atoms with Gasteiger partial charge in [0.1, 0.15) is 5.03 Å². The highest BCUT2D eigenvalue weighted by atomic mass is 35.5. The van der Waals surface area contributed by atoms with Crippen molar-refractivity contribution in [1.29, 1.82) is 0 Å². The van der Waals surface area contributed by atoms with E-state index in [-0.39, 0.29) is 17.4 Å². The van der Waals surface area contributed by atoms with Gasteiger partial charge in [-0.15, -0.1) is 10.2 Å². The summed E-state index contributed by atoms with van der Waals surface area (Å²) in [5.74, 6) is 0.750. The topological polar surface area (TPSA) is 89.2 Å². The molecule has 2 heterocycles. The average molecular weight is 466 g/mol. The molecule has 1 amide bonds. The molecule has 0 aliphatic heterocycles. The predicted molar refractivity (Wildman–Crippen MR) is 125 cm³/mol. The molecule has 0 saturated carbocycles. The molecule has 2 aromatic carbocycles. The van der Waals surface area contributed by atoms with Crippen molar-refractivity contribution in [2.75, 3.05) is 12.3 Å². The maximum Gasteiger partial charge on any atom is 0.251 e. The van der Waals surface area contributed by atoms with E-state index in [0.717, 1.165) is 5.56 Å². The van der Waals surface area contributed by atoms with Crippen LogP contribution in [0.2, 0.25) is 5.02 Å². The van der Waals surface area contributed by atoms with Crippen LogP contribution in [-0.4, -0.2) is 43.8 Å². The Morgan fingerprint density at radius 3 is 2.44 bits per heavy atom. The highest BCUT2D eigenvalue weighted by molar-refractivity contribution is 7.99. The molecule has 0 atom stereocenters. The Balaban J connectivity index is 1.36. The lowest BCUT2D eigenvalue weighted by molar-refractivity contribution is 0.0953. The Labute approximate surface area is 194 Å². The first-order valence-electron chi connectivity index (χ1n) is 9.97. The Morgan fingerprint density at radius 2 is 1.69 bits per heavy atom. The van der Waals surface area contributed by atoms with E-state index >= 15 is 0 Å². The standard InChI is InChI=1S/C23H20ClN5O2S/c1-15-2-4-17(5-3-15)23(31)25-13-12-21-27-26-20-10-11-22(28-29(20)21)32-14-19(30)16-6-8-18(24)9-7-16/h2-11H,12-14H2,1H3,(H,25,31). The number of hydrogen-bond acceptors (Lipinski definition) is 6. The molecule has 0 unspecified atom stereocenters. The van der Waals surface area contributed by atoms with Gasteiger partial charge in [0.25, 0.3) is 5.91 Å². The van der Waals surface area contributed by atoms with Crippen LogP contribution >= 0.6 is 23.4 Å². The minimum atomic E-state index is -0.135. The summed E-state index contributed by atoms with van der Waals surface area (Å²) in [5.41, 5.74) is 2.94. The summed E-state index contributed by atoms with van der Waals surface area (Å²) in [6.45, 7) is 2.38. The number of fused-ring (bicyclic) bond motifs is 1. The lowest BCUT2D eigenvalue weighted by atomic mass is 10.1. The van der Waals surface area contributed by atoms with Crippen LogP contribution in [0.4, 0.5) is 0 Å². The number of Topliss-reactive ketones (excluding diaryl/α,β-unsaturated/α-hetero) is 1. The van der Waals surface area contributed by atoms with Crippen molar-refractivity contribution in [2.45, 2.75) is 18.4 Å². The van der Waals surface area contributed by atoms with E-state index in [9.17, 15) is 9.59 Å². The summed E-state index contributed by atoms with van der Waals surface area (Å²) in [7, 11) is 0.